The lowest BCUT2D eigenvalue weighted by Crippen LogP contribution is -2.58. The van der Waals surface area contributed by atoms with Gasteiger partial charge in [0.15, 0.2) is 0 Å². The summed E-state index contributed by atoms with van der Waals surface area (Å²) in [6, 6.07) is 24.4. The van der Waals surface area contributed by atoms with Gasteiger partial charge in [-0.15, -0.1) is 0 Å². The highest BCUT2D eigenvalue weighted by Crippen LogP contribution is 2.46. The minimum Gasteiger partial charge on any atom is -0.485 e. The maximum Gasteiger partial charge on any atom is 0.129 e. The number of anilines is 1. The van der Waals surface area contributed by atoms with Crippen LogP contribution in [-0.4, -0.2) is 18.2 Å². The van der Waals surface area contributed by atoms with Gasteiger partial charge in [-0.1, -0.05) is 54.6 Å². The van der Waals surface area contributed by atoms with Crippen molar-refractivity contribution in [2.24, 2.45) is 0 Å². The van der Waals surface area contributed by atoms with Crippen LogP contribution in [0.3, 0.4) is 0 Å². The fraction of sp³-hybridized carbons (Fsp3) is 0.360. The van der Waals surface area contributed by atoms with Crippen LogP contribution in [0.1, 0.15) is 38.2 Å². The first kappa shape index (κ1) is 16.7. The Morgan fingerprint density at radius 2 is 1.67 bits per heavy atom. The number of ether oxygens (including phenoxy) is 1. The average molecular weight is 357 g/mol. The molecule has 1 heterocycles. The fourth-order valence-corrected chi connectivity index (χ4v) is 5.27. The molecule has 2 nitrogen and oxygen atoms in total. The molecule has 1 atom stereocenters. The number of nitrogens with zero attached hydrogens (tertiary/aromatic N) is 1. The number of hydrogen-bond donors (Lipinski definition) is 0. The topological polar surface area (TPSA) is 12.5 Å². The standard InChI is InChI=1S/C25H27NO/c1-2-26(22-14-9-12-19-10-3-5-13-21(19)22)24-18-20-11-4-6-15-23(20)27-25(24)16-7-8-17-25/h3-6,9-15,24H,2,7-8,16-18H2,1H3. The predicted molar refractivity (Wildman–Crippen MR) is 113 cm³/mol. The summed E-state index contributed by atoms with van der Waals surface area (Å²) in [5, 5.41) is 2.65. The summed E-state index contributed by atoms with van der Waals surface area (Å²) in [4.78, 5) is 2.61. The van der Waals surface area contributed by atoms with Gasteiger partial charge in [-0.2, -0.15) is 0 Å². The van der Waals surface area contributed by atoms with E-state index in [4.69, 9.17) is 4.74 Å². The normalized spacial score (nSPS) is 20.4. The summed E-state index contributed by atoms with van der Waals surface area (Å²) >= 11 is 0. The van der Waals surface area contributed by atoms with Gasteiger partial charge in [0, 0.05) is 24.0 Å². The van der Waals surface area contributed by atoms with Crippen LogP contribution in [0.25, 0.3) is 10.8 Å². The first-order valence-corrected chi connectivity index (χ1v) is 10.3. The molecular weight excluding hydrogens is 330 g/mol. The zero-order valence-electron chi connectivity index (χ0n) is 16.0. The third-order valence-corrected chi connectivity index (χ3v) is 6.55. The maximum atomic E-state index is 6.77. The van der Waals surface area contributed by atoms with E-state index in [0.29, 0.717) is 6.04 Å². The molecule has 1 aliphatic heterocycles. The molecule has 1 saturated carbocycles. The Balaban J connectivity index is 1.63. The second-order valence-corrected chi connectivity index (χ2v) is 7.99. The van der Waals surface area contributed by atoms with E-state index in [1.807, 2.05) is 0 Å². The van der Waals surface area contributed by atoms with Crippen LogP contribution in [0.2, 0.25) is 0 Å². The Labute approximate surface area is 161 Å². The first-order valence-electron chi connectivity index (χ1n) is 10.3. The molecule has 3 aromatic rings. The summed E-state index contributed by atoms with van der Waals surface area (Å²) in [5.74, 6) is 1.10. The smallest absolute Gasteiger partial charge is 0.129 e. The predicted octanol–water partition coefficient (Wildman–Crippen LogP) is 5.98. The molecule has 0 bridgehead atoms. The Kier molecular flexibility index (Phi) is 4.07. The van der Waals surface area contributed by atoms with Crippen molar-refractivity contribution in [2.75, 3.05) is 11.4 Å². The van der Waals surface area contributed by atoms with E-state index in [0.717, 1.165) is 31.6 Å². The van der Waals surface area contributed by atoms with Crippen LogP contribution < -0.4 is 9.64 Å². The van der Waals surface area contributed by atoms with Gasteiger partial charge < -0.3 is 9.64 Å². The number of para-hydroxylation sites is 1. The lowest BCUT2D eigenvalue weighted by Gasteiger charge is -2.48. The summed E-state index contributed by atoms with van der Waals surface area (Å²) in [7, 11) is 0. The van der Waals surface area contributed by atoms with E-state index >= 15 is 0 Å². The van der Waals surface area contributed by atoms with Gasteiger partial charge in [-0.05, 0) is 55.7 Å². The van der Waals surface area contributed by atoms with Gasteiger partial charge in [-0.3, -0.25) is 0 Å². The van der Waals surface area contributed by atoms with Crippen molar-refractivity contribution in [3.8, 4) is 5.75 Å². The van der Waals surface area contributed by atoms with Crippen molar-refractivity contribution in [3.05, 3.63) is 72.3 Å². The van der Waals surface area contributed by atoms with Crippen LogP contribution >= 0.6 is 0 Å². The summed E-state index contributed by atoms with van der Waals surface area (Å²) < 4.78 is 6.77. The van der Waals surface area contributed by atoms with Gasteiger partial charge in [0.05, 0.1) is 6.04 Å². The van der Waals surface area contributed by atoms with E-state index in [-0.39, 0.29) is 5.60 Å². The second kappa shape index (κ2) is 6.60. The molecule has 0 aromatic heterocycles. The van der Waals surface area contributed by atoms with Crippen LogP contribution in [0.4, 0.5) is 5.69 Å². The number of benzene rings is 3. The largest absolute Gasteiger partial charge is 0.485 e. The van der Waals surface area contributed by atoms with E-state index < -0.39 is 0 Å². The van der Waals surface area contributed by atoms with Crippen molar-refractivity contribution >= 4 is 16.5 Å². The SMILES string of the molecule is CCN(c1cccc2ccccc12)C1Cc2ccccc2OC12CCCC2. The Bertz CT molecular complexity index is 952. The van der Waals surface area contributed by atoms with Gasteiger partial charge in [0.25, 0.3) is 0 Å². The summed E-state index contributed by atoms with van der Waals surface area (Å²) in [6.07, 6.45) is 5.92. The molecule has 1 unspecified atom stereocenters. The van der Waals surface area contributed by atoms with Crippen molar-refractivity contribution < 1.29 is 4.74 Å². The van der Waals surface area contributed by atoms with Crippen LogP contribution in [0, 0.1) is 0 Å². The molecule has 138 valence electrons. The highest BCUT2D eigenvalue weighted by molar-refractivity contribution is 5.94. The van der Waals surface area contributed by atoms with Crippen molar-refractivity contribution in [2.45, 2.75) is 50.7 Å². The Morgan fingerprint density at radius 1 is 0.926 bits per heavy atom. The molecule has 2 aliphatic rings. The number of hydrogen-bond acceptors (Lipinski definition) is 2. The Hall–Kier alpha value is -2.48. The van der Waals surface area contributed by atoms with Gasteiger partial charge in [0.2, 0.25) is 0 Å². The zero-order chi connectivity index (χ0) is 18.3. The molecule has 2 heteroatoms. The van der Waals surface area contributed by atoms with E-state index in [1.165, 1.54) is 34.9 Å². The fourth-order valence-electron chi connectivity index (χ4n) is 5.27. The van der Waals surface area contributed by atoms with Gasteiger partial charge >= 0.3 is 0 Å². The molecule has 0 N–H and O–H groups in total. The van der Waals surface area contributed by atoms with Crippen molar-refractivity contribution in [3.63, 3.8) is 0 Å². The third kappa shape index (κ3) is 2.70. The first-order chi connectivity index (χ1) is 13.3. The maximum absolute atomic E-state index is 6.77. The van der Waals surface area contributed by atoms with E-state index in [2.05, 4.69) is 78.6 Å². The highest BCUT2D eigenvalue weighted by atomic mass is 16.5. The minimum atomic E-state index is -0.0543. The molecule has 1 spiro atoms. The van der Waals surface area contributed by atoms with Crippen LogP contribution in [0.5, 0.6) is 5.75 Å². The average Bonchev–Trinajstić information content (AvgIpc) is 3.18. The minimum absolute atomic E-state index is 0.0543. The van der Waals surface area contributed by atoms with Crippen molar-refractivity contribution in [1.29, 1.82) is 0 Å². The van der Waals surface area contributed by atoms with Crippen molar-refractivity contribution in [1.82, 2.24) is 0 Å². The zero-order valence-corrected chi connectivity index (χ0v) is 16.0. The lowest BCUT2D eigenvalue weighted by molar-refractivity contribution is 0.0309. The van der Waals surface area contributed by atoms with E-state index in [9.17, 15) is 0 Å². The number of rotatable bonds is 3. The van der Waals surface area contributed by atoms with Crippen LogP contribution in [-0.2, 0) is 6.42 Å². The van der Waals surface area contributed by atoms with E-state index in [1.54, 1.807) is 0 Å². The molecule has 0 radical (unpaired) electrons. The highest BCUT2D eigenvalue weighted by Gasteiger charge is 2.49. The van der Waals surface area contributed by atoms with Gasteiger partial charge in [-0.25, -0.2) is 0 Å². The molecule has 1 fully saturated rings. The number of fused-ring (bicyclic) bond motifs is 2. The van der Waals surface area contributed by atoms with Gasteiger partial charge in [0.1, 0.15) is 11.4 Å². The third-order valence-electron chi connectivity index (χ3n) is 6.55. The molecule has 0 amide bonds. The summed E-state index contributed by atoms with van der Waals surface area (Å²) in [6.45, 7) is 3.27. The second-order valence-electron chi connectivity index (χ2n) is 7.99. The lowest BCUT2D eigenvalue weighted by atomic mass is 9.82. The molecule has 5 rings (SSSR count). The molecule has 27 heavy (non-hydrogen) atoms. The van der Waals surface area contributed by atoms with Crippen LogP contribution in [0.15, 0.2) is 66.7 Å². The molecule has 1 aliphatic carbocycles. The monoisotopic (exact) mass is 357 g/mol. The quantitative estimate of drug-likeness (QED) is 0.571. The molecule has 0 saturated heterocycles. The summed E-state index contributed by atoms with van der Waals surface area (Å²) in [5.41, 5.74) is 2.63. The number of likely N-dealkylation sites (N-methyl/N-ethyl adjacent to an activating group) is 1. The molecule has 3 aromatic carbocycles. The molecular formula is C25H27NO. The Morgan fingerprint density at radius 3 is 2.52 bits per heavy atom.